The first kappa shape index (κ1) is 57.2. The molecule has 4 heterocycles. The lowest BCUT2D eigenvalue weighted by Gasteiger charge is -2.17. The smallest absolute Gasteiger partial charge is 0.328 e. The van der Waals surface area contributed by atoms with E-state index in [1.807, 2.05) is 13.0 Å². The van der Waals surface area contributed by atoms with Gasteiger partial charge in [-0.15, -0.1) is 0 Å². The van der Waals surface area contributed by atoms with Gasteiger partial charge in [-0.1, -0.05) is 103 Å². The molecule has 384 valence electrons. The fourth-order valence-corrected chi connectivity index (χ4v) is 8.22. The largest absolute Gasteiger partial charge is 0.502 e. The standard InChI is InChI=1S/C24H28ClN5O4.C17H21Cl2N5O.C7H8O3.2CH4/c1-3-19-21(18(31)12-13-33-19)34-24-29-22(26-15-8-6-4-5-7-9-15)28-23(30-24)27-16-10-11-20(32-2)17(25)14-16;1-25-14-9-8-12(10-13(14)18)21-17-23-15(19)22-16(24-17)20-11-6-4-2-3-5-7-11;1-2-6-7(9)5(8)3-4-10-6;;/h10-15H,3-9H2,1-2H3,(H2,26,27,28,29,30);8-11H,2-7H2,1H3,(H2,20,21,22,23,24);3-4,9H,2H2,1H3;2*1H4. The molecule has 4 aromatic heterocycles. The van der Waals surface area contributed by atoms with E-state index in [9.17, 15) is 9.59 Å². The summed E-state index contributed by atoms with van der Waals surface area (Å²) in [6.45, 7) is 3.68. The number of ether oxygens (including phenoxy) is 3. The Labute approximate surface area is 429 Å². The maximum Gasteiger partial charge on any atom is 0.328 e. The first-order chi connectivity index (χ1) is 33.4. The summed E-state index contributed by atoms with van der Waals surface area (Å²) in [5, 5.41) is 23.1. The Morgan fingerprint density at radius 1 is 0.592 bits per heavy atom. The molecule has 0 aliphatic heterocycles. The third-order valence-electron chi connectivity index (χ3n) is 11.1. The summed E-state index contributed by atoms with van der Waals surface area (Å²) in [6, 6.07) is 13.7. The van der Waals surface area contributed by atoms with E-state index in [-0.39, 0.29) is 60.5 Å². The van der Waals surface area contributed by atoms with Gasteiger partial charge in [0.05, 0.1) is 36.8 Å². The lowest BCUT2D eigenvalue weighted by Crippen LogP contribution is -2.21. The highest BCUT2D eigenvalue weighted by Gasteiger charge is 2.19. The van der Waals surface area contributed by atoms with Gasteiger partial charge in [0.1, 0.15) is 23.0 Å². The van der Waals surface area contributed by atoms with E-state index in [4.69, 9.17) is 63.0 Å². The zero-order valence-electron chi connectivity index (χ0n) is 38.9. The number of aromatic nitrogens is 6. The van der Waals surface area contributed by atoms with Gasteiger partial charge in [0, 0.05) is 48.4 Å². The molecule has 2 aliphatic carbocycles. The molecule has 2 fully saturated rings. The molecule has 21 heteroatoms. The Bertz CT molecular complexity index is 2710. The van der Waals surface area contributed by atoms with E-state index >= 15 is 0 Å². The van der Waals surface area contributed by atoms with Crippen LogP contribution in [-0.4, -0.2) is 61.3 Å². The topological polar surface area (TPSA) is 234 Å². The quantitative estimate of drug-likeness (QED) is 0.0638. The number of hydrogen-bond donors (Lipinski definition) is 5. The second-order valence-electron chi connectivity index (χ2n) is 16.0. The van der Waals surface area contributed by atoms with Crippen molar-refractivity contribution in [2.24, 2.45) is 0 Å². The second kappa shape index (κ2) is 29.1. The second-order valence-corrected chi connectivity index (χ2v) is 17.2. The number of aromatic hydroxyl groups is 1. The number of methoxy groups -OCH3 is 2. The van der Waals surface area contributed by atoms with Gasteiger partial charge in [0.15, 0.2) is 0 Å². The van der Waals surface area contributed by atoms with Gasteiger partial charge < -0.3 is 49.4 Å². The highest BCUT2D eigenvalue weighted by molar-refractivity contribution is 6.32. The fourth-order valence-electron chi connectivity index (χ4n) is 7.54. The summed E-state index contributed by atoms with van der Waals surface area (Å²) in [5.74, 6) is 3.21. The zero-order valence-corrected chi connectivity index (χ0v) is 41.2. The fraction of sp³-hybridized carbons (Fsp3) is 0.440. The molecule has 2 aliphatic rings. The number of halogens is 3. The predicted molar refractivity (Wildman–Crippen MR) is 281 cm³/mol. The van der Waals surface area contributed by atoms with Crippen LogP contribution in [-0.2, 0) is 12.8 Å². The van der Waals surface area contributed by atoms with Crippen LogP contribution in [0.5, 0.6) is 29.0 Å². The summed E-state index contributed by atoms with van der Waals surface area (Å²) < 4.78 is 26.5. The van der Waals surface area contributed by atoms with Gasteiger partial charge in [-0.3, -0.25) is 9.59 Å². The van der Waals surface area contributed by atoms with Crippen molar-refractivity contribution in [1.29, 1.82) is 0 Å². The van der Waals surface area contributed by atoms with Crippen molar-refractivity contribution in [1.82, 2.24) is 29.9 Å². The predicted octanol–water partition coefficient (Wildman–Crippen LogP) is 13.0. The van der Waals surface area contributed by atoms with Gasteiger partial charge >= 0.3 is 6.01 Å². The van der Waals surface area contributed by atoms with Gasteiger partial charge in [-0.05, 0) is 73.7 Å². The number of hydrogen-bond acceptors (Lipinski definition) is 18. The van der Waals surface area contributed by atoms with E-state index in [2.05, 4.69) is 51.2 Å². The normalized spacial score (nSPS) is 13.7. The minimum absolute atomic E-state index is 0. The van der Waals surface area contributed by atoms with Gasteiger partial charge in [-0.2, -0.15) is 29.9 Å². The first-order valence-electron chi connectivity index (χ1n) is 22.9. The lowest BCUT2D eigenvalue weighted by molar-refractivity contribution is 0.389. The van der Waals surface area contributed by atoms with E-state index in [1.54, 1.807) is 51.5 Å². The summed E-state index contributed by atoms with van der Waals surface area (Å²) >= 11 is 18.5. The molecule has 18 nitrogen and oxygen atoms in total. The van der Waals surface area contributed by atoms with Crippen LogP contribution >= 0.6 is 34.8 Å². The van der Waals surface area contributed by atoms with Crippen LogP contribution in [0, 0.1) is 0 Å². The maximum atomic E-state index is 12.4. The van der Waals surface area contributed by atoms with Crippen LogP contribution in [0.1, 0.15) is 117 Å². The zero-order chi connectivity index (χ0) is 49.1. The van der Waals surface area contributed by atoms with E-state index < -0.39 is 0 Å². The average molecular weight is 1040 g/mol. The number of nitrogens with one attached hydrogen (secondary N) is 4. The Morgan fingerprint density at radius 2 is 1.03 bits per heavy atom. The van der Waals surface area contributed by atoms with Crippen molar-refractivity contribution in [3.63, 3.8) is 0 Å². The molecule has 0 spiro atoms. The van der Waals surface area contributed by atoms with Crippen molar-refractivity contribution in [3.05, 3.63) is 108 Å². The van der Waals surface area contributed by atoms with Gasteiger partial charge in [0.25, 0.3) is 0 Å². The van der Waals surface area contributed by atoms with Crippen molar-refractivity contribution in [2.75, 3.05) is 35.5 Å². The monoisotopic (exact) mass is 1040 g/mol. The number of anilines is 6. The summed E-state index contributed by atoms with van der Waals surface area (Å²) in [7, 11) is 3.13. The van der Waals surface area contributed by atoms with Crippen LogP contribution in [0.25, 0.3) is 0 Å². The van der Waals surface area contributed by atoms with Crippen molar-refractivity contribution >= 4 is 70.0 Å². The molecule has 0 radical (unpaired) electrons. The van der Waals surface area contributed by atoms with Crippen LogP contribution in [0.2, 0.25) is 15.3 Å². The Hall–Kier alpha value is -6.37. The molecule has 0 saturated heterocycles. The molecule has 2 saturated carbocycles. The van der Waals surface area contributed by atoms with Crippen molar-refractivity contribution in [3.8, 4) is 29.0 Å². The van der Waals surface area contributed by atoms with Gasteiger partial charge in [0.2, 0.25) is 51.4 Å². The highest BCUT2D eigenvalue weighted by atomic mass is 35.5. The number of rotatable bonds is 14. The molecule has 0 unspecified atom stereocenters. The van der Waals surface area contributed by atoms with Crippen molar-refractivity contribution < 1.29 is 28.2 Å². The summed E-state index contributed by atoms with van der Waals surface area (Å²) in [4.78, 5) is 49.2. The first-order valence-corrected chi connectivity index (χ1v) is 24.1. The number of nitrogens with zero attached hydrogens (tertiary/aromatic N) is 6. The third kappa shape index (κ3) is 17.5. The molecule has 71 heavy (non-hydrogen) atoms. The maximum absolute atomic E-state index is 12.4. The highest BCUT2D eigenvalue weighted by Crippen LogP contribution is 2.31. The molecule has 2 aromatic carbocycles. The van der Waals surface area contributed by atoms with Gasteiger partial charge in [-0.25, -0.2) is 0 Å². The van der Waals surface area contributed by atoms with E-state index in [0.717, 1.165) is 44.2 Å². The molecule has 0 bridgehead atoms. The average Bonchev–Trinajstić information content (AvgIpc) is 3.76. The minimum Gasteiger partial charge on any atom is -0.502 e. The Kier molecular flexibility index (Phi) is 23.4. The molecule has 0 amide bonds. The number of benzene rings is 2. The SMILES string of the molecule is C.C.CCc1occc(=O)c1O.CCc1occc(=O)c1Oc1nc(Nc2ccc(OC)c(Cl)c2)nc(NC2CCCCCC2)n1.COc1ccc(Nc2nc(Cl)nc(NC3CCCCCC3)n2)cc1Cl. The van der Waals surface area contributed by atoms with Crippen LogP contribution < -0.4 is 46.3 Å². The van der Waals surface area contributed by atoms with Crippen LogP contribution in [0.15, 0.2) is 79.5 Å². The molecule has 0 atom stereocenters. The molecule has 8 rings (SSSR count). The molecule has 5 N–H and O–H groups in total. The molecular formula is C50H65Cl3N10O8. The lowest BCUT2D eigenvalue weighted by atomic mass is 10.1. The van der Waals surface area contributed by atoms with E-state index in [0.29, 0.717) is 75.5 Å². The molecular weight excluding hydrogens is 975 g/mol. The Morgan fingerprint density at radius 3 is 1.49 bits per heavy atom. The molecule has 6 aromatic rings. The van der Waals surface area contributed by atoms with Crippen LogP contribution in [0.4, 0.5) is 35.2 Å². The Balaban J connectivity index is 0.000000259. The van der Waals surface area contributed by atoms with E-state index in [1.165, 1.54) is 63.2 Å². The van der Waals surface area contributed by atoms with Crippen LogP contribution in [0.3, 0.4) is 0 Å². The minimum atomic E-state index is -0.386. The van der Waals surface area contributed by atoms with Crippen molar-refractivity contribution in [2.45, 2.75) is 131 Å². The summed E-state index contributed by atoms with van der Waals surface area (Å²) in [5.41, 5.74) is 0.714. The third-order valence-corrected chi connectivity index (χ3v) is 11.8. The number of aryl methyl sites for hydroxylation is 2. The summed E-state index contributed by atoms with van der Waals surface area (Å²) in [6.07, 6.45) is 17.8.